The minimum absolute atomic E-state index is 0.128. The molecular weight excluding hydrogens is 352 g/mol. The predicted octanol–water partition coefficient (Wildman–Crippen LogP) is 2.98. The molecule has 0 unspecified atom stereocenters. The summed E-state index contributed by atoms with van der Waals surface area (Å²) >= 11 is 6.20. The van der Waals surface area contributed by atoms with Crippen molar-refractivity contribution in [1.29, 1.82) is 0 Å². The van der Waals surface area contributed by atoms with Gasteiger partial charge in [0.2, 0.25) is 0 Å². The molecule has 0 atom stereocenters. The minimum atomic E-state index is -3.74. The Morgan fingerprint density at radius 1 is 1.08 bits per heavy atom. The van der Waals surface area contributed by atoms with Crippen LogP contribution in [0, 0.1) is 6.92 Å². The largest absolute Gasteiger partial charge is 0.493 e. The van der Waals surface area contributed by atoms with Crippen molar-refractivity contribution in [2.75, 3.05) is 14.2 Å². The van der Waals surface area contributed by atoms with Crippen LogP contribution in [0.15, 0.2) is 46.4 Å². The molecule has 0 aliphatic carbocycles. The Morgan fingerprint density at radius 3 is 2.33 bits per heavy atom. The molecule has 2 aromatic carbocycles. The van der Waals surface area contributed by atoms with Gasteiger partial charge in [0.05, 0.1) is 30.4 Å². The molecule has 0 fully saturated rings. The lowest BCUT2D eigenvalue weighted by Gasteiger charge is -2.10. The van der Waals surface area contributed by atoms with Crippen LogP contribution in [-0.2, 0) is 10.0 Å². The number of halogens is 1. The molecule has 0 radical (unpaired) electrons. The first-order valence-corrected chi connectivity index (χ1v) is 8.77. The molecule has 0 bridgehead atoms. The fourth-order valence-corrected chi connectivity index (χ4v) is 3.01. The van der Waals surface area contributed by atoms with Crippen molar-refractivity contribution in [2.24, 2.45) is 5.10 Å². The van der Waals surface area contributed by atoms with Crippen molar-refractivity contribution in [1.82, 2.24) is 4.83 Å². The van der Waals surface area contributed by atoms with Crippen LogP contribution in [0.1, 0.15) is 11.1 Å². The molecule has 1 N–H and O–H groups in total. The van der Waals surface area contributed by atoms with Crippen LogP contribution in [-0.4, -0.2) is 28.9 Å². The third-order valence-electron chi connectivity index (χ3n) is 3.22. The summed E-state index contributed by atoms with van der Waals surface area (Å²) in [5, 5.41) is 4.03. The van der Waals surface area contributed by atoms with Gasteiger partial charge in [-0.2, -0.15) is 13.5 Å². The Bertz CT molecular complexity index is 849. The smallest absolute Gasteiger partial charge is 0.276 e. The van der Waals surface area contributed by atoms with Crippen molar-refractivity contribution in [3.8, 4) is 11.5 Å². The van der Waals surface area contributed by atoms with E-state index in [1.807, 2.05) is 6.92 Å². The monoisotopic (exact) mass is 368 g/mol. The summed E-state index contributed by atoms with van der Waals surface area (Å²) in [5.41, 5.74) is 1.45. The second-order valence-electron chi connectivity index (χ2n) is 4.87. The van der Waals surface area contributed by atoms with Crippen molar-refractivity contribution >= 4 is 27.8 Å². The van der Waals surface area contributed by atoms with Crippen LogP contribution < -0.4 is 14.3 Å². The van der Waals surface area contributed by atoms with E-state index in [0.717, 1.165) is 5.56 Å². The average molecular weight is 369 g/mol. The molecule has 128 valence electrons. The molecule has 0 spiro atoms. The van der Waals surface area contributed by atoms with E-state index >= 15 is 0 Å². The fraction of sp³-hybridized carbons (Fsp3) is 0.188. The van der Waals surface area contributed by atoms with Gasteiger partial charge in [-0.15, -0.1) is 0 Å². The zero-order chi connectivity index (χ0) is 17.7. The van der Waals surface area contributed by atoms with E-state index < -0.39 is 10.0 Å². The number of hydrazone groups is 1. The summed E-state index contributed by atoms with van der Waals surface area (Å²) in [5.74, 6) is 0.824. The highest BCUT2D eigenvalue weighted by atomic mass is 35.5. The van der Waals surface area contributed by atoms with Crippen molar-refractivity contribution in [3.05, 3.63) is 52.5 Å². The lowest BCUT2D eigenvalue weighted by molar-refractivity contribution is 0.355. The molecule has 0 aliphatic rings. The molecule has 0 heterocycles. The number of hydrogen-bond donors (Lipinski definition) is 1. The average Bonchev–Trinajstić information content (AvgIpc) is 2.56. The first-order chi connectivity index (χ1) is 11.4. The van der Waals surface area contributed by atoms with Gasteiger partial charge in [0.25, 0.3) is 10.0 Å². The first-order valence-electron chi connectivity index (χ1n) is 6.91. The molecule has 0 saturated heterocycles. The number of nitrogens with one attached hydrogen (secondary N) is 1. The molecule has 0 aliphatic heterocycles. The number of methoxy groups -OCH3 is 2. The number of hydrogen-bond acceptors (Lipinski definition) is 5. The van der Waals surface area contributed by atoms with Crippen LogP contribution in [0.4, 0.5) is 0 Å². The van der Waals surface area contributed by atoms with E-state index in [1.165, 1.54) is 32.6 Å². The first kappa shape index (κ1) is 18.1. The standard InChI is InChI=1S/C16H17ClN2O4S/c1-11-4-7-13(8-5-11)24(20,21)19-18-10-12-6-9-14(22-2)16(23-3)15(12)17/h4-10,19H,1-3H3. The van der Waals surface area contributed by atoms with Gasteiger partial charge in [-0.3, -0.25) is 0 Å². The lowest BCUT2D eigenvalue weighted by Crippen LogP contribution is -2.18. The molecule has 0 aromatic heterocycles. The van der Waals surface area contributed by atoms with Gasteiger partial charge in [0.1, 0.15) is 0 Å². The highest BCUT2D eigenvalue weighted by Crippen LogP contribution is 2.36. The van der Waals surface area contributed by atoms with E-state index in [9.17, 15) is 8.42 Å². The number of sulfonamides is 1. The van der Waals surface area contributed by atoms with Crippen LogP contribution in [0.2, 0.25) is 5.02 Å². The van der Waals surface area contributed by atoms with Crippen LogP contribution >= 0.6 is 11.6 Å². The number of aryl methyl sites for hydroxylation is 1. The topological polar surface area (TPSA) is 77.0 Å². The quantitative estimate of drug-likeness (QED) is 0.628. The minimum Gasteiger partial charge on any atom is -0.493 e. The van der Waals surface area contributed by atoms with Gasteiger partial charge >= 0.3 is 0 Å². The predicted molar refractivity (Wildman–Crippen MR) is 93.7 cm³/mol. The number of ether oxygens (including phenoxy) is 2. The van der Waals surface area contributed by atoms with E-state index in [2.05, 4.69) is 9.93 Å². The second-order valence-corrected chi connectivity index (χ2v) is 6.91. The lowest BCUT2D eigenvalue weighted by atomic mass is 10.2. The van der Waals surface area contributed by atoms with E-state index in [4.69, 9.17) is 21.1 Å². The zero-order valence-electron chi connectivity index (χ0n) is 13.4. The molecule has 6 nitrogen and oxygen atoms in total. The van der Waals surface area contributed by atoms with Crippen molar-refractivity contribution < 1.29 is 17.9 Å². The third kappa shape index (κ3) is 3.98. The van der Waals surface area contributed by atoms with Crippen molar-refractivity contribution in [2.45, 2.75) is 11.8 Å². The normalized spacial score (nSPS) is 11.5. The van der Waals surface area contributed by atoms with E-state index in [1.54, 1.807) is 24.3 Å². The van der Waals surface area contributed by atoms with Gasteiger partial charge in [-0.1, -0.05) is 29.3 Å². The van der Waals surface area contributed by atoms with Gasteiger partial charge in [0.15, 0.2) is 11.5 Å². The maximum Gasteiger partial charge on any atom is 0.276 e. The number of nitrogens with zero attached hydrogens (tertiary/aromatic N) is 1. The number of rotatable bonds is 6. The van der Waals surface area contributed by atoms with Gasteiger partial charge in [0, 0.05) is 5.56 Å². The van der Waals surface area contributed by atoms with Gasteiger partial charge in [-0.05, 0) is 31.2 Å². The summed E-state index contributed by atoms with van der Waals surface area (Å²) in [7, 11) is -0.775. The Hall–Kier alpha value is -2.25. The fourth-order valence-electron chi connectivity index (χ4n) is 1.94. The molecule has 2 aromatic rings. The Kier molecular flexibility index (Phi) is 5.69. The van der Waals surface area contributed by atoms with Crippen LogP contribution in [0.25, 0.3) is 0 Å². The molecule has 0 saturated carbocycles. The zero-order valence-corrected chi connectivity index (χ0v) is 15.0. The summed E-state index contributed by atoms with van der Waals surface area (Å²) in [6, 6.07) is 9.74. The van der Waals surface area contributed by atoms with Crippen LogP contribution in [0.3, 0.4) is 0 Å². The highest BCUT2D eigenvalue weighted by molar-refractivity contribution is 7.89. The van der Waals surface area contributed by atoms with Crippen molar-refractivity contribution in [3.63, 3.8) is 0 Å². The third-order valence-corrected chi connectivity index (χ3v) is 4.85. The Labute approximate surface area is 146 Å². The number of benzene rings is 2. The molecule has 8 heteroatoms. The van der Waals surface area contributed by atoms with Gasteiger partial charge < -0.3 is 9.47 Å². The van der Waals surface area contributed by atoms with E-state index in [0.29, 0.717) is 17.1 Å². The van der Waals surface area contributed by atoms with Crippen LogP contribution in [0.5, 0.6) is 11.5 Å². The summed E-state index contributed by atoms with van der Waals surface area (Å²) < 4.78 is 34.6. The molecular formula is C16H17ClN2O4S. The maximum absolute atomic E-state index is 12.1. The summed E-state index contributed by atoms with van der Waals surface area (Å²) in [6.07, 6.45) is 1.30. The summed E-state index contributed by atoms with van der Waals surface area (Å²) in [4.78, 5) is 2.28. The highest BCUT2D eigenvalue weighted by Gasteiger charge is 2.14. The SMILES string of the molecule is COc1ccc(C=NNS(=O)(=O)c2ccc(C)cc2)c(Cl)c1OC. The Balaban J connectivity index is 2.21. The summed E-state index contributed by atoms with van der Waals surface area (Å²) in [6.45, 7) is 1.88. The maximum atomic E-state index is 12.1. The van der Waals surface area contributed by atoms with Gasteiger partial charge in [-0.25, -0.2) is 4.83 Å². The Morgan fingerprint density at radius 2 is 1.75 bits per heavy atom. The second kappa shape index (κ2) is 7.55. The molecule has 0 amide bonds. The molecule has 24 heavy (non-hydrogen) atoms. The molecule has 2 rings (SSSR count). The van der Waals surface area contributed by atoms with E-state index in [-0.39, 0.29) is 9.92 Å².